The van der Waals surface area contributed by atoms with E-state index in [9.17, 15) is 9.18 Å². The van der Waals surface area contributed by atoms with Gasteiger partial charge in [0.15, 0.2) is 0 Å². The van der Waals surface area contributed by atoms with Gasteiger partial charge in [0.05, 0.1) is 6.54 Å². The van der Waals surface area contributed by atoms with Crippen LogP contribution in [0.25, 0.3) is 0 Å². The SMILES string of the molecule is Cc1ccc(NC(=O)CN2CCN(c3ccc(Cl)cc3)CC2)cc1F. The molecule has 0 bridgehead atoms. The average Bonchev–Trinajstić information content (AvgIpc) is 2.60. The highest BCUT2D eigenvalue weighted by molar-refractivity contribution is 6.30. The summed E-state index contributed by atoms with van der Waals surface area (Å²) in [5.41, 5.74) is 2.20. The summed E-state index contributed by atoms with van der Waals surface area (Å²) >= 11 is 5.92. The number of piperazine rings is 1. The molecular formula is C19H21ClFN3O. The minimum Gasteiger partial charge on any atom is -0.369 e. The Bertz CT molecular complexity index is 743. The van der Waals surface area contributed by atoms with Crippen LogP contribution in [-0.2, 0) is 4.79 Å². The third kappa shape index (κ3) is 4.71. The zero-order valence-corrected chi connectivity index (χ0v) is 14.9. The van der Waals surface area contributed by atoms with E-state index >= 15 is 0 Å². The third-order valence-electron chi connectivity index (χ3n) is 4.39. The van der Waals surface area contributed by atoms with Gasteiger partial charge in [-0.2, -0.15) is 0 Å². The number of carbonyl (C=O) groups is 1. The van der Waals surface area contributed by atoms with Crippen molar-refractivity contribution in [2.45, 2.75) is 6.92 Å². The van der Waals surface area contributed by atoms with Gasteiger partial charge in [0.2, 0.25) is 5.91 Å². The molecule has 0 atom stereocenters. The van der Waals surface area contributed by atoms with Crippen molar-refractivity contribution >= 4 is 28.9 Å². The lowest BCUT2D eigenvalue weighted by Gasteiger charge is -2.35. The summed E-state index contributed by atoms with van der Waals surface area (Å²) in [6.07, 6.45) is 0. The van der Waals surface area contributed by atoms with Crippen molar-refractivity contribution < 1.29 is 9.18 Å². The predicted octanol–water partition coefficient (Wildman–Crippen LogP) is 3.55. The van der Waals surface area contributed by atoms with E-state index in [1.165, 1.54) is 6.07 Å². The van der Waals surface area contributed by atoms with Crippen LogP contribution < -0.4 is 10.2 Å². The van der Waals surface area contributed by atoms with E-state index < -0.39 is 0 Å². The van der Waals surface area contributed by atoms with E-state index in [1.807, 2.05) is 24.3 Å². The Balaban J connectivity index is 1.49. The molecule has 25 heavy (non-hydrogen) atoms. The van der Waals surface area contributed by atoms with Gasteiger partial charge in [-0.1, -0.05) is 17.7 Å². The molecule has 1 aliphatic rings. The number of nitrogens with one attached hydrogen (secondary N) is 1. The maximum atomic E-state index is 13.5. The van der Waals surface area contributed by atoms with Crippen molar-refractivity contribution in [2.24, 2.45) is 0 Å². The lowest BCUT2D eigenvalue weighted by Crippen LogP contribution is -2.48. The Labute approximate surface area is 152 Å². The number of carbonyl (C=O) groups excluding carboxylic acids is 1. The number of benzene rings is 2. The topological polar surface area (TPSA) is 35.6 Å². The van der Waals surface area contributed by atoms with Gasteiger partial charge in [0, 0.05) is 42.6 Å². The fourth-order valence-electron chi connectivity index (χ4n) is 2.89. The number of nitrogens with zero attached hydrogens (tertiary/aromatic N) is 2. The summed E-state index contributed by atoms with van der Waals surface area (Å²) in [6, 6.07) is 12.5. The lowest BCUT2D eigenvalue weighted by molar-refractivity contribution is -0.117. The molecule has 132 valence electrons. The van der Waals surface area contributed by atoms with Gasteiger partial charge in [-0.15, -0.1) is 0 Å². The van der Waals surface area contributed by atoms with E-state index in [4.69, 9.17) is 11.6 Å². The monoisotopic (exact) mass is 361 g/mol. The van der Waals surface area contributed by atoms with E-state index in [0.29, 0.717) is 17.8 Å². The van der Waals surface area contributed by atoms with Crippen LogP contribution >= 0.6 is 11.6 Å². The van der Waals surface area contributed by atoms with Crippen molar-refractivity contribution in [2.75, 3.05) is 42.9 Å². The van der Waals surface area contributed by atoms with Gasteiger partial charge in [0.25, 0.3) is 0 Å². The standard InChI is InChI=1S/C19H21ClFN3O/c1-14-2-5-16(12-18(14)21)22-19(25)13-23-8-10-24(11-9-23)17-6-3-15(20)4-7-17/h2-7,12H,8-11,13H2,1H3,(H,22,25). The molecule has 2 aromatic rings. The Kier molecular flexibility index (Phi) is 5.56. The first-order valence-corrected chi connectivity index (χ1v) is 8.68. The Morgan fingerprint density at radius 2 is 1.80 bits per heavy atom. The quantitative estimate of drug-likeness (QED) is 0.904. The van der Waals surface area contributed by atoms with Crippen LogP contribution in [0.3, 0.4) is 0 Å². The molecule has 0 radical (unpaired) electrons. The van der Waals surface area contributed by atoms with Crippen LogP contribution in [0.1, 0.15) is 5.56 Å². The van der Waals surface area contributed by atoms with Gasteiger partial charge in [0.1, 0.15) is 5.82 Å². The number of hydrogen-bond acceptors (Lipinski definition) is 3. The van der Waals surface area contributed by atoms with Gasteiger partial charge in [-0.25, -0.2) is 4.39 Å². The summed E-state index contributed by atoms with van der Waals surface area (Å²) in [5.74, 6) is -0.433. The van der Waals surface area contributed by atoms with Gasteiger partial charge in [-0.05, 0) is 48.9 Å². The molecule has 3 rings (SSSR count). The average molecular weight is 362 g/mol. The fourth-order valence-corrected chi connectivity index (χ4v) is 3.02. The molecule has 0 saturated carbocycles. The lowest BCUT2D eigenvalue weighted by atomic mass is 10.2. The second-order valence-electron chi connectivity index (χ2n) is 6.25. The molecule has 0 aliphatic carbocycles. The smallest absolute Gasteiger partial charge is 0.238 e. The molecule has 1 aliphatic heterocycles. The van der Waals surface area contributed by atoms with Crippen molar-refractivity contribution in [3.05, 3.63) is 58.9 Å². The van der Waals surface area contributed by atoms with E-state index in [1.54, 1.807) is 19.1 Å². The molecule has 6 heteroatoms. The summed E-state index contributed by atoms with van der Waals surface area (Å²) in [4.78, 5) is 16.5. The van der Waals surface area contributed by atoms with Crippen LogP contribution in [0.2, 0.25) is 5.02 Å². The molecular weight excluding hydrogens is 341 g/mol. The molecule has 1 fully saturated rings. The Morgan fingerprint density at radius 3 is 2.44 bits per heavy atom. The molecule has 1 heterocycles. The number of rotatable bonds is 4. The zero-order chi connectivity index (χ0) is 17.8. The van der Waals surface area contributed by atoms with Crippen LogP contribution in [0, 0.1) is 12.7 Å². The number of halogens is 2. The van der Waals surface area contributed by atoms with Gasteiger partial charge < -0.3 is 10.2 Å². The summed E-state index contributed by atoms with van der Waals surface area (Å²) in [6.45, 7) is 5.32. The summed E-state index contributed by atoms with van der Waals surface area (Å²) in [7, 11) is 0. The van der Waals surface area contributed by atoms with Crippen molar-refractivity contribution in [1.29, 1.82) is 0 Å². The van der Waals surface area contributed by atoms with Gasteiger partial charge in [-0.3, -0.25) is 9.69 Å². The maximum absolute atomic E-state index is 13.5. The predicted molar refractivity (Wildman–Crippen MR) is 99.9 cm³/mol. The first-order valence-electron chi connectivity index (χ1n) is 8.30. The highest BCUT2D eigenvalue weighted by Gasteiger charge is 2.19. The zero-order valence-electron chi connectivity index (χ0n) is 14.1. The van der Waals surface area contributed by atoms with E-state index in [2.05, 4.69) is 15.1 Å². The Hall–Kier alpha value is -2.11. The molecule has 0 unspecified atom stereocenters. The van der Waals surface area contributed by atoms with E-state index in [0.717, 1.165) is 36.9 Å². The minimum absolute atomic E-state index is 0.122. The second-order valence-corrected chi connectivity index (χ2v) is 6.69. The van der Waals surface area contributed by atoms with Crippen LogP contribution in [0.4, 0.5) is 15.8 Å². The minimum atomic E-state index is -0.311. The van der Waals surface area contributed by atoms with Crippen molar-refractivity contribution in [3.8, 4) is 0 Å². The van der Waals surface area contributed by atoms with E-state index in [-0.39, 0.29) is 11.7 Å². The van der Waals surface area contributed by atoms with Gasteiger partial charge >= 0.3 is 0 Å². The second kappa shape index (κ2) is 7.85. The van der Waals surface area contributed by atoms with Crippen LogP contribution in [0.5, 0.6) is 0 Å². The maximum Gasteiger partial charge on any atom is 0.238 e. The normalized spacial score (nSPS) is 15.2. The molecule has 0 spiro atoms. The van der Waals surface area contributed by atoms with Crippen molar-refractivity contribution in [1.82, 2.24) is 4.90 Å². The summed E-state index contributed by atoms with van der Waals surface area (Å²) < 4.78 is 13.5. The first-order chi connectivity index (χ1) is 12.0. The van der Waals surface area contributed by atoms with Crippen molar-refractivity contribution in [3.63, 3.8) is 0 Å². The number of amides is 1. The Morgan fingerprint density at radius 1 is 1.12 bits per heavy atom. The molecule has 1 N–H and O–H groups in total. The van der Waals surface area contributed by atoms with Crippen LogP contribution in [0.15, 0.2) is 42.5 Å². The highest BCUT2D eigenvalue weighted by Crippen LogP contribution is 2.19. The number of anilines is 2. The fraction of sp³-hybridized carbons (Fsp3) is 0.316. The molecule has 1 saturated heterocycles. The molecule has 4 nitrogen and oxygen atoms in total. The first kappa shape index (κ1) is 17.7. The molecule has 1 amide bonds. The summed E-state index contributed by atoms with van der Waals surface area (Å²) in [5, 5.41) is 3.49. The molecule has 0 aromatic heterocycles. The number of aryl methyl sites for hydroxylation is 1. The molecule has 2 aromatic carbocycles. The third-order valence-corrected chi connectivity index (χ3v) is 4.64. The van der Waals surface area contributed by atoms with Crippen LogP contribution in [-0.4, -0.2) is 43.5 Å². The largest absolute Gasteiger partial charge is 0.369 e. The highest BCUT2D eigenvalue weighted by atomic mass is 35.5. The number of hydrogen-bond donors (Lipinski definition) is 1.